The molecular formula is C53H107NO8P+. The van der Waals surface area contributed by atoms with Crippen LogP contribution in [0.1, 0.15) is 277 Å². The van der Waals surface area contributed by atoms with E-state index >= 15 is 0 Å². The molecule has 0 spiro atoms. The van der Waals surface area contributed by atoms with E-state index in [-0.39, 0.29) is 25.6 Å². The number of rotatable bonds is 51. The summed E-state index contributed by atoms with van der Waals surface area (Å²) in [6, 6.07) is 0. The van der Waals surface area contributed by atoms with Crippen LogP contribution in [0.25, 0.3) is 0 Å². The Labute approximate surface area is 391 Å². The van der Waals surface area contributed by atoms with Gasteiger partial charge >= 0.3 is 19.8 Å². The van der Waals surface area contributed by atoms with Gasteiger partial charge in [-0.1, -0.05) is 251 Å². The molecule has 0 aliphatic carbocycles. The fourth-order valence-corrected chi connectivity index (χ4v) is 8.88. The monoisotopic (exact) mass is 917 g/mol. The summed E-state index contributed by atoms with van der Waals surface area (Å²) in [5.41, 5.74) is 0. The zero-order valence-corrected chi connectivity index (χ0v) is 43.5. The van der Waals surface area contributed by atoms with Crippen LogP contribution in [0.15, 0.2) is 0 Å². The molecule has 0 amide bonds. The number of nitrogens with zero attached hydrogens (tertiary/aromatic N) is 1. The predicted octanol–water partition coefficient (Wildman–Crippen LogP) is 16.3. The summed E-state index contributed by atoms with van der Waals surface area (Å²) < 4.78 is 34.5. The average molecular weight is 917 g/mol. The van der Waals surface area contributed by atoms with Gasteiger partial charge in [0.25, 0.3) is 0 Å². The van der Waals surface area contributed by atoms with Gasteiger partial charge in [-0.05, 0) is 12.8 Å². The molecule has 1 N–H and O–H groups in total. The third-order valence-corrected chi connectivity index (χ3v) is 13.4. The van der Waals surface area contributed by atoms with Gasteiger partial charge in [-0.3, -0.25) is 18.6 Å². The Hall–Kier alpha value is -0.990. The molecule has 2 atom stereocenters. The van der Waals surface area contributed by atoms with Crippen molar-refractivity contribution >= 4 is 19.8 Å². The van der Waals surface area contributed by atoms with Crippen LogP contribution < -0.4 is 0 Å². The minimum atomic E-state index is -4.37. The van der Waals surface area contributed by atoms with E-state index in [1.54, 1.807) is 0 Å². The number of carbonyl (C=O) groups is 2. The van der Waals surface area contributed by atoms with Crippen LogP contribution in [0.3, 0.4) is 0 Å². The molecule has 0 saturated carbocycles. The van der Waals surface area contributed by atoms with Crippen LogP contribution in [-0.2, 0) is 32.7 Å². The molecule has 63 heavy (non-hydrogen) atoms. The molecule has 0 heterocycles. The van der Waals surface area contributed by atoms with E-state index in [0.717, 1.165) is 38.5 Å². The number of hydrogen-bond acceptors (Lipinski definition) is 7. The molecular weight excluding hydrogens is 810 g/mol. The van der Waals surface area contributed by atoms with Gasteiger partial charge in [0.05, 0.1) is 27.7 Å². The Kier molecular flexibility index (Phi) is 45.4. The van der Waals surface area contributed by atoms with E-state index in [0.29, 0.717) is 17.4 Å². The Balaban J connectivity index is 4.16. The lowest BCUT2D eigenvalue weighted by molar-refractivity contribution is -0.870. The van der Waals surface area contributed by atoms with E-state index < -0.39 is 26.5 Å². The first-order valence-corrected chi connectivity index (χ1v) is 28.8. The van der Waals surface area contributed by atoms with E-state index in [1.807, 2.05) is 21.1 Å². The number of unbranched alkanes of at least 4 members (excludes halogenated alkanes) is 37. The van der Waals surface area contributed by atoms with Crippen molar-refractivity contribution in [1.29, 1.82) is 0 Å². The lowest BCUT2D eigenvalue weighted by Crippen LogP contribution is -2.37. The second kappa shape index (κ2) is 46.1. The highest BCUT2D eigenvalue weighted by molar-refractivity contribution is 7.47. The van der Waals surface area contributed by atoms with Gasteiger partial charge in [-0.25, -0.2) is 4.57 Å². The largest absolute Gasteiger partial charge is 0.472 e. The second-order valence-electron chi connectivity index (χ2n) is 20.0. The average Bonchev–Trinajstić information content (AvgIpc) is 3.24. The standard InChI is InChI=1S/C53H106NO8P/c1-6-8-10-12-14-16-18-20-22-24-26-28-30-32-34-36-38-40-42-44-46-53(56)62-51(50-61-63(57,58)60-48-47-54(3,4)5)49-59-52(55)45-43-41-39-37-35-33-31-29-27-25-23-21-19-17-15-13-11-9-7-2/h51H,6-50H2,1-5H3/p+1/t51-/m1/s1. The SMILES string of the molecule is CCCCCCCCCCCCCCCCCCCCCCC(=O)O[C@H](COC(=O)CCCCCCCCCCCCCCCCCCCCC)COP(=O)(O)OCC[N+](C)(C)C. The van der Waals surface area contributed by atoms with Gasteiger partial charge < -0.3 is 18.9 Å². The lowest BCUT2D eigenvalue weighted by atomic mass is 10.0. The number of carbonyl (C=O) groups excluding carboxylic acids is 2. The summed E-state index contributed by atoms with van der Waals surface area (Å²) in [4.78, 5) is 35.6. The number of phosphoric ester groups is 1. The van der Waals surface area contributed by atoms with E-state index in [9.17, 15) is 19.0 Å². The predicted molar refractivity (Wildman–Crippen MR) is 266 cm³/mol. The number of esters is 2. The molecule has 1 unspecified atom stereocenters. The van der Waals surface area contributed by atoms with E-state index in [1.165, 1.54) is 212 Å². The summed E-state index contributed by atoms with van der Waals surface area (Å²) in [5, 5.41) is 0. The van der Waals surface area contributed by atoms with Crippen LogP contribution >= 0.6 is 7.82 Å². The first kappa shape index (κ1) is 62.0. The summed E-state index contributed by atoms with van der Waals surface area (Å²) in [6.07, 6.45) is 50.1. The van der Waals surface area contributed by atoms with Gasteiger partial charge in [0, 0.05) is 12.8 Å². The van der Waals surface area contributed by atoms with Crippen LogP contribution in [0, 0.1) is 0 Å². The highest BCUT2D eigenvalue weighted by atomic mass is 31.2. The minimum Gasteiger partial charge on any atom is -0.462 e. The maximum absolute atomic E-state index is 12.8. The van der Waals surface area contributed by atoms with Crippen molar-refractivity contribution in [2.75, 3.05) is 47.5 Å². The van der Waals surface area contributed by atoms with Crippen LogP contribution in [0.2, 0.25) is 0 Å². The molecule has 0 aromatic rings. The van der Waals surface area contributed by atoms with Crippen molar-refractivity contribution in [3.63, 3.8) is 0 Å². The Morgan fingerprint density at radius 2 is 0.714 bits per heavy atom. The van der Waals surface area contributed by atoms with Crippen LogP contribution in [0.5, 0.6) is 0 Å². The zero-order chi connectivity index (χ0) is 46.4. The first-order valence-electron chi connectivity index (χ1n) is 27.3. The fourth-order valence-electron chi connectivity index (χ4n) is 8.14. The molecule has 376 valence electrons. The molecule has 0 bridgehead atoms. The number of ether oxygens (including phenoxy) is 2. The minimum absolute atomic E-state index is 0.0373. The molecule has 0 fully saturated rings. The molecule has 9 nitrogen and oxygen atoms in total. The van der Waals surface area contributed by atoms with E-state index in [2.05, 4.69) is 13.8 Å². The van der Waals surface area contributed by atoms with Crippen molar-refractivity contribution in [1.82, 2.24) is 0 Å². The third-order valence-electron chi connectivity index (χ3n) is 12.4. The number of likely N-dealkylation sites (N-methyl/N-ethyl adjacent to an activating group) is 1. The molecule has 0 saturated heterocycles. The highest BCUT2D eigenvalue weighted by Gasteiger charge is 2.27. The first-order chi connectivity index (χ1) is 30.5. The molecule has 0 rings (SSSR count). The summed E-state index contributed by atoms with van der Waals surface area (Å²) in [7, 11) is 1.50. The Morgan fingerprint density at radius 3 is 1.02 bits per heavy atom. The van der Waals surface area contributed by atoms with Crippen molar-refractivity contribution in [2.45, 2.75) is 283 Å². The Bertz CT molecular complexity index is 1040. The maximum atomic E-state index is 12.8. The molecule has 0 aromatic carbocycles. The highest BCUT2D eigenvalue weighted by Crippen LogP contribution is 2.43. The fraction of sp³-hybridized carbons (Fsp3) is 0.962. The quantitative estimate of drug-likeness (QED) is 0.0278. The second-order valence-corrected chi connectivity index (χ2v) is 21.4. The van der Waals surface area contributed by atoms with Gasteiger partial charge in [0.1, 0.15) is 19.8 Å². The normalized spacial score (nSPS) is 13.3. The summed E-state index contributed by atoms with van der Waals surface area (Å²) >= 11 is 0. The van der Waals surface area contributed by atoms with Crippen LogP contribution in [0.4, 0.5) is 0 Å². The Morgan fingerprint density at radius 1 is 0.429 bits per heavy atom. The molecule has 0 aromatic heterocycles. The molecule has 10 heteroatoms. The number of phosphoric acid groups is 1. The maximum Gasteiger partial charge on any atom is 0.472 e. The molecule has 0 radical (unpaired) electrons. The summed E-state index contributed by atoms with van der Waals surface area (Å²) in [5.74, 6) is -0.775. The smallest absolute Gasteiger partial charge is 0.462 e. The lowest BCUT2D eigenvalue weighted by Gasteiger charge is -2.24. The zero-order valence-electron chi connectivity index (χ0n) is 42.6. The number of hydrogen-bond donors (Lipinski definition) is 1. The van der Waals surface area contributed by atoms with Gasteiger partial charge in [0.2, 0.25) is 0 Å². The molecule has 0 aliphatic rings. The topological polar surface area (TPSA) is 108 Å². The van der Waals surface area contributed by atoms with Crippen molar-refractivity contribution in [3.05, 3.63) is 0 Å². The van der Waals surface area contributed by atoms with Gasteiger partial charge in [-0.15, -0.1) is 0 Å². The third kappa shape index (κ3) is 50.3. The van der Waals surface area contributed by atoms with Crippen molar-refractivity contribution < 1.29 is 42.1 Å². The summed E-state index contributed by atoms with van der Waals surface area (Å²) in [6.45, 7) is 4.50. The van der Waals surface area contributed by atoms with Crippen molar-refractivity contribution in [2.24, 2.45) is 0 Å². The van der Waals surface area contributed by atoms with Crippen LogP contribution in [-0.4, -0.2) is 74.9 Å². The number of quaternary nitrogens is 1. The van der Waals surface area contributed by atoms with Gasteiger partial charge in [-0.2, -0.15) is 0 Å². The van der Waals surface area contributed by atoms with Crippen molar-refractivity contribution in [3.8, 4) is 0 Å². The molecule has 0 aliphatic heterocycles. The van der Waals surface area contributed by atoms with Gasteiger partial charge in [0.15, 0.2) is 6.10 Å². The van der Waals surface area contributed by atoms with E-state index in [4.69, 9.17) is 18.5 Å².